The summed E-state index contributed by atoms with van der Waals surface area (Å²) in [5.74, 6) is 0.654. The SMILES string of the molecule is C=CCOc1ccc(-c2nn(-c3ccccc3)cc2C=C2SC(=S)N(C(C)c3ccccc3)C2=O)cc1. The van der Waals surface area contributed by atoms with Crippen LogP contribution in [0.15, 0.2) is 109 Å². The first-order chi connectivity index (χ1) is 18.0. The molecule has 5 nitrogen and oxygen atoms in total. The quantitative estimate of drug-likeness (QED) is 0.140. The maximum atomic E-state index is 13.5. The Kier molecular flexibility index (Phi) is 7.35. The van der Waals surface area contributed by atoms with Crippen LogP contribution in [0.1, 0.15) is 24.1 Å². The maximum Gasteiger partial charge on any atom is 0.266 e. The molecule has 1 amide bonds. The average molecular weight is 524 g/mol. The summed E-state index contributed by atoms with van der Waals surface area (Å²) in [4.78, 5) is 15.8. The van der Waals surface area contributed by atoms with Crippen molar-refractivity contribution in [2.24, 2.45) is 0 Å². The van der Waals surface area contributed by atoms with E-state index in [1.807, 2.05) is 109 Å². The smallest absolute Gasteiger partial charge is 0.266 e. The van der Waals surface area contributed by atoms with Gasteiger partial charge in [-0.3, -0.25) is 9.69 Å². The summed E-state index contributed by atoms with van der Waals surface area (Å²) in [5.41, 5.74) is 4.48. The number of nitrogens with zero attached hydrogens (tertiary/aromatic N) is 3. The topological polar surface area (TPSA) is 47.4 Å². The van der Waals surface area contributed by atoms with Crippen LogP contribution in [-0.2, 0) is 4.79 Å². The van der Waals surface area contributed by atoms with Gasteiger partial charge in [0.25, 0.3) is 5.91 Å². The van der Waals surface area contributed by atoms with E-state index in [2.05, 4.69) is 6.58 Å². The molecule has 1 atom stereocenters. The number of hydrogen-bond donors (Lipinski definition) is 0. The van der Waals surface area contributed by atoms with E-state index in [-0.39, 0.29) is 11.9 Å². The molecule has 1 fully saturated rings. The van der Waals surface area contributed by atoms with E-state index in [4.69, 9.17) is 22.1 Å². The minimum atomic E-state index is -0.158. The van der Waals surface area contributed by atoms with Crippen molar-refractivity contribution >= 4 is 40.3 Å². The highest BCUT2D eigenvalue weighted by Gasteiger charge is 2.36. The van der Waals surface area contributed by atoms with Crippen molar-refractivity contribution in [3.05, 3.63) is 120 Å². The van der Waals surface area contributed by atoms with Crippen LogP contribution in [0.25, 0.3) is 23.0 Å². The molecule has 0 bridgehead atoms. The molecule has 3 aromatic carbocycles. The van der Waals surface area contributed by atoms with Crippen LogP contribution in [0, 0.1) is 0 Å². The first-order valence-corrected chi connectivity index (χ1v) is 13.1. The van der Waals surface area contributed by atoms with E-state index >= 15 is 0 Å². The van der Waals surface area contributed by atoms with E-state index in [9.17, 15) is 4.79 Å². The first kappa shape index (κ1) is 24.7. The van der Waals surface area contributed by atoms with Crippen molar-refractivity contribution < 1.29 is 9.53 Å². The van der Waals surface area contributed by atoms with Gasteiger partial charge in [0.05, 0.1) is 22.3 Å². The number of benzene rings is 3. The average Bonchev–Trinajstić information content (AvgIpc) is 3.48. The Bertz CT molecular complexity index is 1460. The lowest BCUT2D eigenvalue weighted by Crippen LogP contribution is -2.30. The van der Waals surface area contributed by atoms with E-state index in [1.54, 1.807) is 11.0 Å². The molecule has 0 aliphatic carbocycles. The molecule has 7 heteroatoms. The summed E-state index contributed by atoms with van der Waals surface area (Å²) in [7, 11) is 0. The van der Waals surface area contributed by atoms with Crippen LogP contribution in [0.4, 0.5) is 0 Å². The highest BCUT2D eigenvalue weighted by atomic mass is 32.2. The van der Waals surface area contributed by atoms with Crippen molar-refractivity contribution in [1.82, 2.24) is 14.7 Å². The number of carbonyl (C=O) groups is 1. The Balaban J connectivity index is 1.51. The van der Waals surface area contributed by atoms with Crippen molar-refractivity contribution in [2.45, 2.75) is 13.0 Å². The zero-order valence-electron chi connectivity index (χ0n) is 20.3. The fourth-order valence-corrected chi connectivity index (χ4v) is 5.54. The fraction of sp³-hybridized carbons (Fsp3) is 0.100. The molecule has 37 heavy (non-hydrogen) atoms. The number of amides is 1. The van der Waals surface area contributed by atoms with Gasteiger partial charge in [0.2, 0.25) is 0 Å². The molecule has 1 aliphatic rings. The molecule has 0 saturated carbocycles. The van der Waals surface area contributed by atoms with Crippen LogP contribution >= 0.6 is 24.0 Å². The third-order valence-corrected chi connectivity index (χ3v) is 7.37. The Morgan fingerprint density at radius 3 is 2.38 bits per heavy atom. The standard InChI is InChI=1S/C30H25N3O2S2/c1-3-18-35-26-16-14-23(15-17-26)28-24(20-32(31-28)25-12-8-5-9-13-25)19-27-29(34)33(30(36)37-27)21(2)22-10-6-4-7-11-22/h3-17,19-21H,1,18H2,2H3. The summed E-state index contributed by atoms with van der Waals surface area (Å²) >= 11 is 6.95. The van der Waals surface area contributed by atoms with Crippen LogP contribution in [0.2, 0.25) is 0 Å². The number of para-hydroxylation sites is 1. The van der Waals surface area contributed by atoms with Gasteiger partial charge in [0, 0.05) is 17.3 Å². The molecule has 1 saturated heterocycles. The predicted molar refractivity (Wildman–Crippen MR) is 155 cm³/mol. The number of hydrogen-bond acceptors (Lipinski definition) is 5. The highest BCUT2D eigenvalue weighted by molar-refractivity contribution is 8.26. The fourth-order valence-electron chi connectivity index (χ4n) is 4.13. The van der Waals surface area contributed by atoms with Crippen molar-refractivity contribution in [2.75, 3.05) is 6.61 Å². The van der Waals surface area contributed by atoms with Crippen molar-refractivity contribution in [3.8, 4) is 22.7 Å². The number of thiocarbonyl (C=S) groups is 1. The number of ether oxygens (including phenoxy) is 1. The van der Waals surface area contributed by atoms with Crippen LogP contribution < -0.4 is 4.74 Å². The number of carbonyl (C=O) groups excluding carboxylic acids is 1. The van der Waals surface area contributed by atoms with E-state index in [1.165, 1.54) is 11.8 Å². The molecule has 184 valence electrons. The van der Waals surface area contributed by atoms with Gasteiger partial charge in [-0.05, 0) is 55.0 Å². The summed E-state index contributed by atoms with van der Waals surface area (Å²) in [6.45, 7) is 6.13. The summed E-state index contributed by atoms with van der Waals surface area (Å²) in [6.07, 6.45) is 5.54. The van der Waals surface area contributed by atoms with Crippen LogP contribution in [0.3, 0.4) is 0 Å². The molecular weight excluding hydrogens is 498 g/mol. The maximum absolute atomic E-state index is 13.5. The lowest BCUT2D eigenvalue weighted by atomic mass is 10.1. The third-order valence-electron chi connectivity index (χ3n) is 6.04. The minimum Gasteiger partial charge on any atom is -0.490 e. The predicted octanol–water partition coefficient (Wildman–Crippen LogP) is 7.07. The minimum absolute atomic E-state index is 0.0991. The monoisotopic (exact) mass is 523 g/mol. The zero-order chi connectivity index (χ0) is 25.8. The Hall–Kier alpha value is -3.94. The van der Waals surface area contributed by atoms with Gasteiger partial charge in [0.1, 0.15) is 16.7 Å². The van der Waals surface area contributed by atoms with Crippen LogP contribution in [-0.4, -0.2) is 31.5 Å². The van der Waals surface area contributed by atoms with Gasteiger partial charge < -0.3 is 4.74 Å². The van der Waals surface area contributed by atoms with Gasteiger partial charge in [-0.15, -0.1) is 0 Å². The lowest BCUT2D eigenvalue weighted by Gasteiger charge is -2.23. The first-order valence-electron chi connectivity index (χ1n) is 11.9. The summed E-state index contributed by atoms with van der Waals surface area (Å²) in [5, 5.41) is 4.88. The zero-order valence-corrected chi connectivity index (χ0v) is 21.9. The van der Waals surface area contributed by atoms with E-state index in [0.29, 0.717) is 15.8 Å². The Morgan fingerprint density at radius 2 is 1.70 bits per heavy atom. The second-order valence-corrected chi connectivity index (χ2v) is 10.2. The van der Waals surface area contributed by atoms with Gasteiger partial charge >= 0.3 is 0 Å². The highest BCUT2D eigenvalue weighted by Crippen LogP contribution is 2.39. The van der Waals surface area contributed by atoms with E-state index in [0.717, 1.165) is 33.8 Å². The Labute approximate surface area is 226 Å². The third kappa shape index (κ3) is 5.28. The molecule has 1 unspecified atom stereocenters. The number of aromatic nitrogens is 2. The summed E-state index contributed by atoms with van der Waals surface area (Å²) < 4.78 is 8.01. The number of thioether (sulfide) groups is 1. The van der Waals surface area contributed by atoms with Gasteiger partial charge in [-0.25, -0.2) is 4.68 Å². The van der Waals surface area contributed by atoms with Gasteiger partial charge in [-0.1, -0.05) is 85.2 Å². The van der Waals surface area contributed by atoms with E-state index < -0.39 is 0 Å². The molecule has 4 aromatic rings. The van der Waals surface area contributed by atoms with Crippen LogP contribution in [0.5, 0.6) is 5.75 Å². The largest absolute Gasteiger partial charge is 0.490 e. The molecule has 0 N–H and O–H groups in total. The normalized spacial score (nSPS) is 15.3. The van der Waals surface area contributed by atoms with Crippen molar-refractivity contribution in [1.29, 1.82) is 0 Å². The van der Waals surface area contributed by atoms with Crippen molar-refractivity contribution in [3.63, 3.8) is 0 Å². The molecule has 2 heterocycles. The van der Waals surface area contributed by atoms with Gasteiger partial charge in [-0.2, -0.15) is 5.10 Å². The van der Waals surface area contributed by atoms with Gasteiger partial charge in [0.15, 0.2) is 0 Å². The summed E-state index contributed by atoms with van der Waals surface area (Å²) in [6, 6.07) is 27.4. The number of rotatable bonds is 8. The molecule has 1 aliphatic heterocycles. The lowest BCUT2D eigenvalue weighted by molar-refractivity contribution is -0.123. The molecule has 0 radical (unpaired) electrons. The molecule has 5 rings (SSSR count). The Morgan fingerprint density at radius 1 is 1.03 bits per heavy atom. The molecule has 0 spiro atoms. The second-order valence-electron chi connectivity index (χ2n) is 8.48. The molecule has 1 aromatic heterocycles. The molecular formula is C30H25N3O2S2. The second kappa shape index (κ2) is 11.0.